The lowest BCUT2D eigenvalue weighted by atomic mass is 9.89. The third-order valence-corrected chi connectivity index (χ3v) is 4.11. The number of aliphatic hydroxyl groups excluding tert-OH is 1. The maximum atomic E-state index is 9.01. The Morgan fingerprint density at radius 2 is 2.06 bits per heavy atom. The minimum atomic E-state index is -0.0148. The zero-order chi connectivity index (χ0) is 11.7. The van der Waals surface area contributed by atoms with Gasteiger partial charge < -0.3 is 5.11 Å². The summed E-state index contributed by atoms with van der Waals surface area (Å²) in [5, 5.41) is 17.1. The molecule has 5 nitrogen and oxygen atoms in total. The van der Waals surface area contributed by atoms with Crippen LogP contribution in [0.15, 0.2) is 6.20 Å². The molecule has 1 aliphatic heterocycles. The summed E-state index contributed by atoms with van der Waals surface area (Å²) in [6, 6.07) is 1.26. The van der Waals surface area contributed by atoms with E-state index in [1.165, 1.54) is 38.6 Å². The van der Waals surface area contributed by atoms with Crippen molar-refractivity contribution in [1.82, 2.24) is 19.9 Å². The van der Waals surface area contributed by atoms with E-state index in [9.17, 15) is 0 Å². The number of likely N-dealkylation sites (tertiary alicyclic amines) is 1. The Kier molecular flexibility index (Phi) is 3.11. The number of piperidine rings is 1. The van der Waals surface area contributed by atoms with Crippen LogP contribution in [-0.2, 0) is 6.61 Å². The Balaban J connectivity index is 1.66. The summed E-state index contributed by atoms with van der Waals surface area (Å²) in [7, 11) is 0. The molecule has 1 N–H and O–H groups in total. The van der Waals surface area contributed by atoms with Crippen molar-refractivity contribution in [2.45, 2.75) is 50.8 Å². The predicted molar refractivity (Wildman–Crippen MR) is 63.4 cm³/mol. The van der Waals surface area contributed by atoms with E-state index >= 15 is 0 Å². The maximum absolute atomic E-state index is 9.01. The molecule has 1 saturated carbocycles. The molecule has 0 aromatic carbocycles. The van der Waals surface area contributed by atoms with Crippen LogP contribution >= 0.6 is 0 Å². The first kappa shape index (κ1) is 11.2. The molecule has 1 atom stereocenters. The number of rotatable bonds is 3. The quantitative estimate of drug-likeness (QED) is 0.849. The monoisotopic (exact) mass is 236 g/mol. The van der Waals surface area contributed by atoms with E-state index in [0.717, 1.165) is 12.6 Å². The lowest BCUT2D eigenvalue weighted by molar-refractivity contribution is 0.0760. The van der Waals surface area contributed by atoms with Gasteiger partial charge >= 0.3 is 0 Å². The number of hydrogen-bond acceptors (Lipinski definition) is 4. The topological polar surface area (TPSA) is 54.2 Å². The Bertz CT molecular complexity index is 374. The van der Waals surface area contributed by atoms with Gasteiger partial charge in [-0.2, -0.15) is 0 Å². The molecule has 1 saturated heterocycles. The van der Waals surface area contributed by atoms with E-state index in [1.54, 1.807) is 0 Å². The van der Waals surface area contributed by atoms with Gasteiger partial charge in [-0.05, 0) is 32.2 Å². The lowest BCUT2D eigenvalue weighted by Crippen LogP contribution is -2.46. The van der Waals surface area contributed by atoms with Crippen molar-refractivity contribution in [2.24, 2.45) is 0 Å². The molecule has 1 aliphatic carbocycles. The third-order valence-electron chi connectivity index (χ3n) is 4.11. The van der Waals surface area contributed by atoms with Gasteiger partial charge in [-0.3, -0.25) is 4.90 Å². The van der Waals surface area contributed by atoms with Crippen LogP contribution in [0.2, 0.25) is 0 Å². The second-order valence-corrected chi connectivity index (χ2v) is 5.22. The van der Waals surface area contributed by atoms with Crippen molar-refractivity contribution in [1.29, 1.82) is 0 Å². The Labute approximate surface area is 101 Å². The minimum absolute atomic E-state index is 0.0148. The number of hydrogen-bond donors (Lipinski definition) is 1. The fourth-order valence-corrected chi connectivity index (χ4v) is 2.85. The molecular formula is C12H20N4O. The molecular weight excluding hydrogens is 216 g/mol. The molecule has 0 amide bonds. The van der Waals surface area contributed by atoms with Gasteiger partial charge in [0, 0.05) is 12.6 Å². The van der Waals surface area contributed by atoms with Crippen molar-refractivity contribution < 1.29 is 5.11 Å². The summed E-state index contributed by atoms with van der Waals surface area (Å²) >= 11 is 0. The van der Waals surface area contributed by atoms with Gasteiger partial charge in [-0.15, -0.1) is 5.10 Å². The molecule has 0 unspecified atom stereocenters. The summed E-state index contributed by atoms with van der Waals surface area (Å²) in [5.74, 6) is 0. The van der Waals surface area contributed by atoms with Gasteiger partial charge in [0.2, 0.25) is 0 Å². The van der Waals surface area contributed by atoms with E-state index in [2.05, 4.69) is 15.2 Å². The van der Waals surface area contributed by atoms with Crippen molar-refractivity contribution in [3.05, 3.63) is 11.9 Å². The van der Waals surface area contributed by atoms with Gasteiger partial charge in [0.15, 0.2) is 0 Å². The predicted octanol–water partition coefficient (Wildman–Crippen LogP) is 0.960. The van der Waals surface area contributed by atoms with Gasteiger partial charge in [0.25, 0.3) is 0 Å². The normalized spacial score (nSPS) is 27.0. The van der Waals surface area contributed by atoms with E-state index in [1.807, 2.05) is 10.9 Å². The highest BCUT2D eigenvalue weighted by atomic mass is 16.3. The SMILES string of the molecule is OCc1cn([C@@H]2CCCN(C3CCC3)C2)nn1. The van der Waals surface area contributed by atoms with Crippen molar-refractivity contribution in [3.63, 3.8) is 0 Å². The number of aliphatic hydroxyl groups is 1. The van der Waals surface area contributed by atoms with E-state index in [4.69, 9.17) is 5.11 Å². The zero-order valence-electron chi connectivity index (χ0n) is 10.1. The summed E-state index contributed by atoms with van der Waals surface area (Å²) in [5.41, 5.74) is 0.672. The van der Waals surface area contributed by atoms with Crippen LogP contribution in [0.4, 0.5) is 0 Å². The molecule has 0 bridgehead atoms. The molecule has 0 spiro atoms. The van der Waals surface area contributed by atoms with E-state index in [0.29, 0.717) is 11.7 Å². The molecule has 94 valence electrons. The summed E-state index contributed by atoms with van der Waals surface area (Å²) in [4.78, 5) is 2.61. The van der Waals surface area contributed by atoms with E-state index in [-0.39, 0.29) is 6.61 Å². The fraction of sp³-hybridized carbons (Fsp3) is 0.833. The molecule has 17 heavy (non-hydrogen) atoms. The highest BCUT2D eigenvalue weighted by Crippen LogP contribution is 2.30. The van der Waals surface area contributed by atoms with Crippen LogP contribution in [0.1, 0.15) is 43.8 Å². The zero-order valence-corrected chi connectivity index (χ0v) is 10.1. The first-order valence-corrected chi connectivity index (χ1v) is 6.62. The Hall–Kier alpha value is -0.940. The molecule has 2 fully saturated rings. The van der Waals surface area contributed by atoms with Crippen molar-refractivity contribution in [2.75, 3.05) is 13.1 Å². The average molecular weight is 236 g/mol. The fourth-order valence-electron chi connectivity index (χ4n) is 2.85. The smallest absolute Gasteiger partial charge is 0.108 e. The maximum Gasteiger partial charge on any atom is 0.108 e. The molecule has 3 rings (SSSR count). The highest BCUT2D eigenvalue weighted by Gasteiger charge is 2.30. The summed E-state index contributed by atoms with van der Waals surface area (Å²) < 4.78 is 1.94. The number of aromatic nitrogens is 3. The number of nitrogens with zero attached hydrogens (tertiary/aromatic N) is 4. The average Bonchev–Trinajstić information content (AvgIpc) is 2.75. The summed E-state index contributed by atoms with van der Waals surface area (Å²) in [6.07, 6.45) is 8.43. The molecule has 5 heteroatoms. The molecule has 1 aromatic heterocycles. The second kappa shape index (κ2) is 4.74. The highest BCUT2D eigenvalue weighted by molar-refractivity contribution is 4.93. The third kappa shape index (κ3) is 2.21. The van der Waals surface area contributed by atoms with Crippen LogP contribution in [0, 0.1) is 0 Å². The molecule has 1 aromatic rings. The second-order valence-electron chi connectivity index (χ2n) is 5.22. The summed E-state index contributed by atoms with van der Waals surface area (Å²) in [6.45, 7) is 2.32. The van der Waals surface area contributed by atoms with Crippen LogP contribution in [0.3, 0.4) is 0 Å². The van der Waals surface area contributed by atoms with Crippen LogP contribution in [0.5, 0.6) is 0 Å². The largest absolute Gasteiger partial charge is 0.390 e. The Morgan fingerprint density at radius 3 is 2.71 bits per heavy atom. The van der Waals surface area contributed by atoms with Gasteiger partial charge in [-0.1, -0.05) is 11.6 Å². The van der Waals surface area contributed by atoms with Crippen LogP contribution in [0.25, 0.3) is 0 Å². The van der Waals surface area contributed by atoms with Crippen LogP contribution < -0.4 is 0 Å². The molecule has 0 radical (unpaired) electrons. The standard InChI is InChI=1S/C12H20N4O/c17-9-10-7-16(14-13-10)12-5-2-6-15(8-12)11-3-1-4-11/h7,11-12,17H,1-6,8-9H2/t12-/m1/s1. The first-order chi connectivity index (χ1) is 8.36. The lowest BCUT2D eigenvalue weighted by Gasteiger charge is -2.42. The Morgan fingerprint density at radius 1 is 1.24 bits per heavy atom. The van der Waals surface area contributed by atoms with Gasteiger partial charge in [0.05, 0.1) is 18.8 Å². The first-order valence-electron chi connectivity index (χ1n) is 6.62. The van der Waals surface area contributed by atoms with Crippen molar-refractivity contribution >= 4 is 0 Å². The van der Waals surface area contributed by atoms with Gasteiger partial charge in [-0.25, -0.2) is 4.68 Å². The van der Waals surface area contributed by atoms with Crippen LogP contribution in [-0.4, -0.2) is 44.1 Å². The van der Waals surface area contributed by atoms with E-state index < -0.39 is 0 Å². The molecule has 2 heterocycles. The van der Waals surface area contributed by atoms with Crippen molar-refractivity contribution in [3.8, 4) is 0 Å². The minimum Gasteiger partial charge on any atom is -0.390 e. The van der Waals surface area contributed by atoms with Gasteiger partial charge in [0.1, 0.15) is 5.69 Å². The molecule has 2 aliphatic rings.